The molecule has 2 aromatic carbocycles. The first-order chi connectivity index (χ1) is 16.6. The van der Waals surface area contributed by atoms with Crippen molar-refractivity contribution < 1.29 is 14.3 Å². The third-order valence-electron chi connectivity index (χ3n) is 6.31. The Morgan fingerprint density at radius 2 is 1.74 bits per heavy atom. The van der Waals surface area contributed by atoms with Gasteiger partial charge in [0, 0.05) is 6.54 Å². The topological polar surface area (TPSA) is 63.7 Å². The Morgan fingerprint density at radius 3 is 2.41 bits per heavy atom. The second kappa shape index (κ2) is 11.5. The van der Waals surface area contributed by atoms with Gasteiger partial charge < -0.3 is 14.8 Å². The third kappa shape index (κ3) is 5.59. The highest BCUT2D eigenvalue weighted by molar-refractivity contribution is 7.15. The Bertz CT molecular complexity index is 1090. The summed E-state index contributed by atoms with van der Waals surface area (Å²) >= 11 is 1.55. The van der Waals surface area contributed by atoms with Crippen molar-refractivity contribution in [2.45, 2.75) is 38.6 Å². The number of thiazole rings is 1. The van der Waals surface area contributed by atoms with Crippen molar-refractivity contribution in [1.82, 2.24) is 15.2 Å². The van der Waals surface area contributed by atoms with Gasteiger partial charge in [0.15, 0.2) is 11.5 Å². The minimum Gasteiger partial charge on any atom is -0.493 e. The number of aromatic nitrogens is 1. The van der Waals surface area contributed by atoms with E-state index in [4.69, 9.17) is 9.47 Å². The van der Waals surface area contributed by atoms with Crippen molar-refractivity contribution in [3.05, 3.63) is 64.8 Å². The Hall–Kier alpha value is -2.90. The first kappa shape index (κ1) is 24.2. The van der Waals surface area contributed by atoms with Gasteiger partial charge in [-0.1, -0.05) is 49.2 Å². The second-order valence-electron chi connectivity index (χ2n) is 8.57. The number of hydrogen-bond acceptors (Lipinski definition) is 6. The molecular weight excluding hydrogens is 446 g/mol. The van der Waals surface area contributed by atoms with Gasteiger partial charge in [0.05, 0.1) is 30.1 Å². The number of ether oxygens (including phenoxy) is 2. The normalized spacial score (nSPS) is 15.4. The highest BCUT2D eigenvalue weighted by Crippen LogP contribution is 2.33. The summed E-state index contributed by atoms with van der Waals surface area (Å²) in [5.74, 6) is 1.27. The first-order valence-corrected chi connectivity index (χ1v) is 12.7. The van der Waals surface area contributed by atoms with Gasteiger partial charge in [-0.05, 0) is 56.1 Å². The minimum absolute atomic E-state index is 0.0433. The molecular formula is C27H33N3O3S. The summed E-state index contributed by atoms with van der Waals surface area (Å²) in [5.41, 5.74) is 2.62. The van der Waals surface area contributed by atoms with Crippen molar-refractivity contribution in [3.63, 3.8) is 0 Å². The van der Waals surface area contributed by atoms with E-state index in [1.807, 2.05) is 49.4 Å². The summed E-state index contributed by atoms with van der Waals surface area (Å²) in [7, 11) is 3.30. The molecule has 1 fully saturated rings. The number of carbonyl (C=O) groups excluding carboxylic acids is 1. The molecule has 1 aliphatic heterocycles. The lowest BCUT2D eigenvalue weighted by atomic mass is 10.0. The molecule has 1 atom stereocenters. The molecule has 3 aromatic rings. The average Bonchev–Trinajstić information content (AvgIpc) is 3.07. The molecule has 0 radical (unpaired) electrons. The Balaban J connectivity index is 1.59. The van der Waals surface area contributed by atoms with Crippen molar-refractivity contribution in [2.24, 2.45) is 0 Å². The van der Waals surface area contributed by atoms with Crippen LogP contribution in [0.1, 0.15) is 52.8 Å². The van der Waals surface area contributed by atoms with E-state index in [0.29, 0.717) is 23.7 Å². The molecule has 7 heteroatoms. The molecule has 0 saturated carbocycles. The van der Waals surface area contributed by atoms with Crippen LogP contribution in [-0.4, -0.2) is 49.6 Å². The summed E-state index contributed by atoms with van der Waals surface area (Å²) in [5, 5.41) is 4.08. The van der Waals surface area contributed by atoms with Crippen LogP contribution >= 0.6 is 11.3 Å². The molecule has 6 nitrogen and oxygen atoms in total. The summed E-state index contributed by atoms with van der Waals surface area (Å²) in [6, 6.07) is 16.1. The number of carbonyl (C=O) groups is 1. The molecule has 1 aromatic heterocycles. The van der Waals surface area contributed by atoms with E-state index in [9.17, 15) is 4.79 Å². The van der Waals surface area contributed by atoms with E-state index in [-0.39, 0.29) is 11.9 Å². The van der Waals surface area contributed by atoms with Gasteiger partial charge in [-0.2, -0.15) is 0 Å². The number of benzene rings is 2. The quantitative estimate of drug-likeness (QED) is 0.463. The van der Waals surface area contributed by atoms with E-state index in [2.05, 4.69) is 21.3 Å². The lowest BCUT2D eigenvalue weighted by molar-refractivity contribution is 0.0929. The number of aryl methyl sites for hydroxylation is 1. The maximum Gasteiger partial charge on any atom is 0.271 e. The van der Waals surface area contributed by atoms with Crippen molar-refractivity contribution in [2.75, 3.05) is 33.9 Å². The molecule has 180 valence electrons. The van der Waals surface area contributed by atoms with Crippen LogP contribution in [0.2, 0.25) is 0 Å². The fourth-order valence-corrected chi connectivity index (χ4v) is 5.49. The van der Waals surface area contributed by atoms with E-state index in [1.54, 1.807) is 25.6 Å². The van der Waals surface area contributed by atoms with Crippen LogP contribution < -0.4 is 14.8 Å². The third-order valence-corrected chi connectivity index (χ3v) is 7.33. The zero-order chi connectivity index (χ0) is 23.9. The Kier molecular flexibility index (Phi) is 8.19. The molecule has 4 rings (SSSR count). The molecule has 1 N–H and O–H groups in total. The number of nitrogens with one attached hydrogen (secondary N) is 1. The Labute approximate surface area is 205 Å². The molecule has 1 unspecified atom stereocenters. The largest absolute Gasteiger partial charge is 0.493 e. The molecule has 2 heterocycles. The molecule has 0 aliphatic carbocycles. The number of rotatable bonds is 8. The predicted molar refractivity (Wildman–Crippen MR) is 137 cm³/mol. The predicted octanol–water partition coefficient (Wildman–Crippen LogP) is 5.48. The second-order valence-corrected chi connectivity index (χ2v) is 9.77. The van der Waals surface area contributed by atoms with E-state index in [1.165, 1.54) is 25.7 Å². The van der Waals surface area contributed by atoms with Crippen LogP contribution in [0.4, 0.5) is 0 Å². The van der Waals surface area contributed by atoms with Crippen LogP contribution in [0.3, 0.4) is 0 Å². The van der Waals surface area contributed by atoms with Gasteiger partial charge in [-0.15, -0.1) is 11.3 Å². The molecule has 1 saturated heterocycles. The number of methoxy groups -OCH3 is 2. The van der Waals surface area contributed by atoms with Gasteiger partial charge in [-0.25, -0.2) is 4.98 Å². The molecule has 1 aliphatic rings. The lowest BCUT2D eigenvalue weighted by Crippen LogP contribution is -2.39. The van der Waals surface area contributed by atoms with Gasteiger partial charge in [-0.3, -0.25) is 9.69 Å². The van der Waals surface area contributed by atoms with Gasteiger partial charge in [0.25, 0.3) is 5.91 Å². The highest BCUT2D eigenvalue weighted by Gasteiger charge is 2.25. The van der Waals surface area contributed by atoms with Crippen LogP contribution in [0.15, 0.2) is 48.5 Å². The number of hydrogen-bond donors (Lipinski definition) is 1. The zero-order valence-electron chi connectivity index (χ0n) is 20.2. The lowest BCUT2D eigenvalue weighted by Gasteiger charge is -2.31. The number of likely N-dealkylation sites (tertiary alicyclic amines) is 1. The monoisotopic (exact) mass is 479 g/mol. The minimum atomic E-state index is -0.136. The fourth-order valence-electron chi connectivity index (χ4n) is 4.56. The van der Waals surface area contributed by atoms with Gasteiger partial charge in [0.1, 0.15) is 5.69 Å². The fraction of sp³-hybridized carbons (Fsp3) is 0.407. The van der Waals surface area contributed by atoms with Crippen LogP contribution in [-0.2, 0) is 0 Å². The van der Waals surface area contributed by atoms with Crippen molar-refractivity contribution in [1.29, 1.82) is 0 Å². The molecule has 0 bridgehead atoms. The van der Waals surface area contributed by atoms with Gasteiger partial charge >= 0.3 is 0 Å². The number of nitrogens with zero attached hydrogens (tertiary/aromatic N) is 2. The smallest absolute Gasteiger partial charge is 0.271 e. The standard InChI is InChI=1S/C27H33N3O3S/c1-19-29-25(26(34-19)20-11-7-6-8-12-20)27(31)28-18-22(30-15-9-4-5-10-16-30)21-13-14-23(32-2)24(17-21)33-3/h6-8,11-14,17,22H,4-5,9-10,15-16,18H2,1-3H3,(H,28,31). The average molecular weight is 480 g/mol. The van der Waals surface area contributed by atoms with E-state index >= 15 is 0 Å². The summed E-state index contributed by atoms with van der Waals surface area (Å²) in [4.78, 5) is 21.3. The molecule has 1 amide bonds. The van der Waals surface area contributed by atoms with Crippen LogP contribution in [0.25, 0.3) is 10.4 Å². The maximum atomic E-state index is 13.3. The Morgan fingerprint density at radius 1 is 1.03 bits per heavy atom. The number of amides is 1. The first-order valence-electron chi connectivity index (χ1n) is 11.9. The molecule has 34 heavy (non-hydrogen) atoms. The summed E-state index contributed by atoms with van der Waals surface area (Å²) in [6.07, 6.45) is 4.84. The van der Waals surface area contributed by atoms with Crippen LogP contribution in [0, 0.1) is 6.92 Å². The maximum absolute atomic E-state index is 13.3. The summed E-state index contributed by atoms with van der Waals surface area (Å²) in [6.45, 7) is 4.47. The zero-order valence-corrected chi connectivity index (χ0v) is 21.0. The molecule has 0 spiro atoms. The van der Waals surface area contributed by atoms with Gasteiger partial charge in [0.2, 0.25) is 0 Å². The van der Waals surface area contributed by atoms with E-state index in [0.717, 1.165) is 34.1 Å². The SMILES string of the molecule is COc1ccc(C(CNC(=O)c2nc(C)sc2-c2ccccc2)N2CCCCCC2)cc1OC. The summed E-state index contributed by atoms with van der Waals surface area (Å²) < 4.78 is 11.0. The van der Waals surface area contributed by atoms with Crippen molar-refractivity contribution in [3.8, 4) is 21.9 Å². The highest BCUT2D eigenvalue weighted by atomic mass is 32.1. The van der Waals surface area contributed by atoms with Crippen LogP contribution in [0.5, 0.6) is 11.5 Å². The van der Waals surface area contributed by atoms with Crippen molar-refractivity contribution >= 4 is 17.2 Å². The van der Waals surface area contributed by atoms with E-state index < -0.39 is 0 Å².